The first-order valence-corrected chi connectivity index (χ1v) is 11.5. The second kappa shape index (κ2) is 11.3. The molecule has 1 N–H and O–H groups in total. The van der Waals surface area contributed by atoms with Crippen LogP contribution in [0, 0.1) is 11.5 Å². The van der Waals surface area contributed by atoms with Crippen LogP contribution in [0.2, 0.25) is 0 Å². The predicted octanol–water partition coefficient (Wildman–Crippen LogP) is 6.25. The number of alkyl halides is 6. The maximum Gasteiger partial charge on any atom is 0.416 e. The van der Waals surface area contributed by atoms with Gasteiger partial charge >= 0.3 is 18.4 Å². The fourth-order valence-corrected chi connectivity index (χ4v) is 4.09. The van der Waals surface area contributed by atoms with Crippen molar-refractivity contribution in [1.29, 1.82) is 5.26 Å². The lowest BCUT2D eigenvalue weighted by atomic mass is 9.98. The summed E-state index contributed by atoms with van der Waals surface area (Å²) in [5.41, 5.74) is -1.32. The van der Waals surface area contributed by atoms with Crippen LogP contribution in [-0.2, 0) is 23.6 Å². The van der Waals surface area contributed by atoms with E-state index in [0.29, 0.717) is 18.6 Å². The number of nitrogens with one attached hydrogen (secondary N) is 1. The SMILES string of the molecule is CCOC(=O)N(C(CC)CC(C)N(C#N)Cc1cc(C(F)(F)F)cc(C(F)(F)F)c1)[C@@H]1NC(C)=C1C. The Hall–Kier alpha value is -3.10. The Labute approximate surface area is 206 Å². The summed E-state index contributed by atoms with van der Waals surface area (Å²) in [6, 6.07) is 0.263. The van der Waals surface area contributed by atoms with Crippen molar-refractivity contribution in [3.8, 4) is 6.19 Å². The van der Waals surface area contributed by atoms with E-state index >= 15 is 0 Å². The van der Waals surface area contributed by atoms with Crippen LogP contribution in [0.25, 0.3) is 0 Å². The second-order valence-electron chi connectivity index (χ2n) is 8.75. The van der Waals surface area contributed by atoms with E-state index in [1.54, 1.807) is 13.8 Å². The molecule has 0 radical (unpaired) electrons. The standard InChI is InChI=1S/C24H30F6N4O2/c1-6-20(34(22(35)36-7-2)21-15(4)16(5)32-21)8-14(3)33(13-31)12-17-9-18(23(25,26)27)11-19(10-17)24(28,29)30/h9-11,14,20-21,32H,6-8,12H2,1-5H3/t14?,20?,21-/m0/s1. The van der Waals surface area contributed by atoms with Crippen LogP contribution in [0.5, 0.6) is 0 Å². The lowest BCUT2D eigenvalue weighted by Crippen LogP contribution is -2.59. The van der Waals surface area contributed by atoms with Crippen molar-refractivity contribution in [3.63, 3.8) is 0 Å². The normalized spacial score (nSPS) is 17.4. The van der Waals surface area contributed by atoms with Crippen molar-refractivity contribution in [2.24, 2.45) is 0 Å². The minimum absolute atomic E-state index is 0.0530. The first-order valence-electron chi connectivity index (χ1n) is 11.5. The van der Waals surface area contributed by atoms with Gasteiger partial charge in [-0.25, -0.2) is 4.79 Å². The highest BCUT2D eigenvalue weighted by molar-refractivity contribution is 5.69. The molecule has 0 spiro atoms. The largest absolute Gasteiger partial charge is 0.450 e. The maximum atomic E-state index is 13.2. The number of nitriles is 1. The smallest absolute Gasteiger partial charge is 0.416 e. The first kappa shape index (κ1) is 29.1. The summed E-state index contributed by atoms with van der Waals surface area (Å²) in [7, 11) is 0. The number of rotatable bonds is 9. The zero-order chi connectivity index (χ0) is 27.4. The van der Waals surface area contributed by atoms with Gasteiger partial charge in [0, 0.05) is 17.8 Å². The van der Waals surface area contributed by atoms with Crippen LogP contribution >= 0.6 is 0 Å². The lowest BCUT2D eigenvalue weighted by Gasteiger charge is -2.44. The Balaban J connectivity index is 2.30. The van der Waals surface area contributed by atoms with Gasteiger partial charge in [-0.1, -0.05) is 6.92 Å². The minimum atomic E-state index is -4.98. The third-order valence-corrected chi connectivity index (χ3v) is 6.25. The molecule has 2 unspecified atom stereocenters. The van der Waals surface area contributed by atoms with Crippen molar-refractivity contribution in [1.82, 2.24) is 15.1 Å². The zero-order valence-electron chi connectivity index (χ0n) is 20.7. The number of carbonyl (C=O) groups excluding carboxylic acids is 1. The molecular formula is C24H30F6N4O2. The molecular weight excluding hydrogens is 490 g/mol. The number of ether oxygens (including phenoxy) is 1. The molecule has 6 nitrogen and oxygen atoms in total. The van der Waals surface area contributed by atoms with E-state index in [9.17, 15) is 36.4 Å². The summed E-state index contributed by atoms with van der Waals surface area (Å²) < 4.78 is 84.6. The van der Waals surface area contributed by atoms with E-state index in [-0.39, 0.29) is 24.7 Å². The molecule has 1 aromatic rings. The molecule has 2 rings (SSSR count). The summed E-state index contributed by atoms with van der Waals surface area (Å²) in [4.78, 5) is 15.4. The maximum absolute atomic E-state index is 13.2. The monoisotopic (exact) mass is 520 g/mol. The molecule has 1 aliphatic rings. The fraction of sp³-hybridized carbons (Fsp3) is 0.583. The Morgan fingerprint density at radius 1 is 1.11 bits per heavy atom. The van der Waals surface area contributed by atoms with Crippen molar-refractivity contribution in [2.45, 2.75) is 84.6 Å². The van der Waals surface area contributed by atoms with Gasteiger partial charge in [-0.15, -0.1) is 0 Å². The van der Waals surface area contributed by atoms with Gasteiger partial charge in [0.05, 0.1) is 24.3 Å². The second-order valence-corrected chi connectivity index (χ2v) is 8.75. The van der Waals surface area contributed by atoms with E-state index in [0.717, 1.165) is 16.2 Å². The molecule has 1 aromatic carbocycles. The molecule has 0 aromatic heterocycles. The number of benzene rings is 1. The molecule has 1 amide bonds. The lowest BCUT2D eigenvalue weighted by molar-refractivity contribution is -0.143. The van der Waals surface area contributed by atoms with Crippen LogP contribution in [-0.4, -0.2) is 40.7 Å². The highest BCUT2D eigenvalue weighted by Crippen LogP contribution is 2.37. The van der Waals surface area contributed by atoms with E-state index in [2.05, 4.69) is 5.32 Å². The summed E-state index contributed by atoms with van der Waals surface area (Å²) in [6.45, 7) is 8.57. The van der Waals surface area contributed by atoms with Gasteiger partial charge in [-0.3, -0.25) is 4.90 Å². The van der Waals surface area contributed by atoms with Crippen LogP contribution in [0.1, 0.15) is 64.2 Å². The first-order chi connectivity index (χ1) is 16.6. The number of amides is 1. The number of carbonyl (C=O) groups is 1. The van der Waals surface area contributed by atoms with Gasteiger partial charge in [0.15, 0.2) is 6.19 Å². The fourth-order valence-electron chi connectivity index (χ4n) is 4.09. The molecule has 1 heterocycles. The number of hydrogen-bond donors (Lipinski definition) is 1. The van der Waals surface area contributed by atoms with Crippen molar-refractivity contribution in [3.05, 3.63) is 46.2 Å². The Bertz CT molecular complexity index is 983. The highest BCUT2D eigenvalue weighted by atomic mass is 19.4. The summed E-state index contributed by atoms with van der Waals surface area (Å²) in [6.07, 6.45) is -8.34. The Kier molecular flexibility index (Phi) is 9.15. The van der Waals surface area contributed by atoms with Crippen LogP contribution < -0.4 is 5.32 Å². The predicted molar refractivity (Wildman–Crippen MR) is 120 cm³/mol. The summed E-state index contributed by atoms with van der Waals surface area (Å²) in [5, 5.41) is 12.8. The van der Waals surface area contributed by atoms with Crippen LogP contribution in [0.3, 0.4) is 0 Å². The number of nitrogens with zero attached hydrogens (tertiary/aromatic N) is 3. The minimum Gasteiger partial charge on any atom is -0.450 e. The number of allylic oxidation sites excluding steroid dienone is 1. The summed E-state index contributed by atoms with van der Waals surface area (Å²) in [5.74, 6) is 0. The third kappa shape index (κ3) is 6.77. The van der Waals surface area contributed by atoms with Gasteiger partial charge in [-0.05, 0) is 69.9 Å². The molecule has 12 heteroatoms. The van der Waals surface area contributed by atoms with Gasteiger partial charge in [-0.2, -0.15) is 31.6 Å². The molecule has 1 aliphatic heterocycles. The van der Waals surface area contributed by atoms with Gasteiger partial charge in [0.1, 0.15) is 6.17 Å². The van der Waals surface area contributed by atoms with E-state index in [1.165, 1.54) is 4.90 Å². The zero-order valence-corrected chi connectivity index (χ0v) is 20.7. The van der Waals surface area contributed by atoms with Crippen molar-refractivity contribution >= 4 is 6.09 Å². The summed E-state index contributed by atoms with van der Waals surface area (Å²) >= 11 is 0. The molecule has 3 atom stereocenters. The highest BCUT2D eigenvalue weighted by Gasteiger charge is 2.39. The molecule has 0 aliphatic carbocycles. The molecule has 0 saturated carbocycles. The van der Waals surface area contributed by atoms with E-state index in [4.69, 9.17) is 4.74 Å². The van der Waals surface area contributed by atoms with Crippen molar-refractivity contribution in [2.75, 3.05) is 6.61 Å². The van der Waals surface area contributed by atoms with E-state index in [1.807, 2.05) is 27.0 Å². The average molecular weight is 521 g/mol. The molecule has 200 valence electrons. The Morgan fingerprint density at radius 2 is 1.67 bits per heavy atom. The quantitative estimate of drug-likeness (QED) is 0.237. The molecule has 36 heavy (non-hydrogen) atoms. The average Bonchev–Trinajstić information content (AvgIpc) is 2.79. The molecule has 0 saturated heterocycles. The molecule has 0 fully saturated rings. The number of halogens is 6. The van der Waals surface area contributed by atoms with Crippen molar-refractivity contribution < 1.29 is 35.9 Å². The van der Waals surface area contributed by atoms with Gasteiger partial charge < -0.3 is 15.0 Å². The topological polar surface area (TPSA) is 68.6 Å². The van der Waals surface area contributed by atoms with Gasteiger partial charge in [0.2, 0.25) is 0 Å². The number of hydrogen-bond acceptors (Lipinski definition) is 5. The van der Waals surface area contributed by atoms with Gasteiger partial charge in [0.25, 0.3) is 0 Å². The Morgan fingerprint density at radius 3 is 2.06 bits per heavy atom. The van der Waals surface area contributed by atoms with Crippen LogP contribution in [0.15, 0.2) is 29.5 Å². The van der Waals surface area contributed by atoms with Crippen LogP contribution in [0.4, 0.5) is 31.1 Å². The third-order valence-electron chi connectivity index (χ3n) is 6.25. The molecule has 0 bridgehead atoms. The van der Waals surface area contributed by atoms with E-state index < -0.39 is 54.4 Å².